The fraction of sp³-hybridized carbons (Fsp3) is 0.500. The van der Waals surface area contributed by atoms with Crippen LogP contribution in [-0.2, 0) is 25.0 Å². The summed E-state index contributed by atoms with van der Waals surface area (Å²) in [5.41, 5.74) is 1.20. The Morgan fingerprint density at radius 1 is 0.708 bits per heavy atom. The highest BCUT2D eigenvalue weighted by molar-refractivity contribution is 6.99. The van der Waals surface area contributed by atoms with E-state index in [1.165, 1.54) is 15.9 Å². The van der Waals surface area contributed by atoms with E-state index < -0.39 is 16.6 Å². The number of ether oxygens (including phenoxy) is 1. The van der Waals surface area contributed by atoms with Crippen molar-refractivity contribution in [2.75, 3.05) is 13.2 Å². The van der Waals surface area contributed by atoms with Crippen LogP contribution >= 0.6 is 0 Å². The standard InChI is InChI=1S/C42H60O4Si2/c1-41(2,3)47(7,8)46-38(27-19-20-33-44-35-36-23-12-9-13-24-36)28-22-26-37(43)25-18-21-34-45-48(42(4,5)6,39-29-14-10-15-30-39)40-31-16-11-17-32-40/h9-17,23-24,29-32,38H,18-21,25,27-28,33-35H2,1-8H3/t38-/m1/s1. The molecular weight excluding hydrogens is 625 g/mol. The number of Topliss-reactive ketones (excluding diaryl/α,β-unsaturated/α-hetero) is 1. The molecule has 0 spiro atoms. The molecule has 0 unspecified atom stereocenters. The first kappa shape index (κ1) is 39.6. The first-order valence-electron chi connectivity index (χ1n) is 17.8. The van der Waals surface area contributed by atoms with Crippen LogP contribution in [0.1, 0.15) is 92.1 Å². The van der Waals surface area contributed by atoms with Crippen LogP contribution in [0.4, 0.5) is 0 Å². The lowest BCUT2D eigenvalue weighted by Crippen LogP contribution is -2.66. The van der Waals surface area contributed by atoms with Gasteiger partial charge in [-0.1, -0.05) is 138 Å². The van der Waals surface area contributed by atoms with Crippen LogP contribution in [0.25, 0.3) is 0 Å². The molecule has 0 saturated carbocycles. The topological polar surface area (TPSA) is 44.8 Å². The number of carbonyl (C=O) groups is 1. The summed E-state index contributed by atoms with van der Waals surface area (Å²) in [6, 6.07) is 31.7. The van der Waals surface area contributed by atoms with E-state index in [0.717, 1.165) is 38.7 Å². The number of ketones is 1. The summed E-state index contributed by atoms with van der Waals surface area (Å²) in [5.74, 6) is 6.14. The number of benzene rings is 3. The van der Waals surface area contributed by atoms with Crippen molar-refractivity contribution in [2.45, 2.75) is 122 Å². The van der Waals surface area contributed by atoms with E-state index in [1.807, 2.05) is 18.2 Å². The van der Waals surface area contributed by atoms with Crippen LogP contribution in [0.15, 0.2) is 91.0 Å². The Bertz CT molecular complexity index is 1380. The first-order chi connectivity index (χ1) is 22.8. The zero-order chi connectivity index (χ0) is 35.1. The molecule has 6 heteroatoms. The molecule has 1 atom stereocenters. The molecule has 3 aromatic carbocycles. The SMILES string of the molecule is CC(C)(C)[Si](C)(C)O[C@@H](CC#CC(=O)CCCCO[Si](c1ccccc1)(c1ccccc1)C(C)(C)C)CCCCOCc1ccccc1. The van der Waals surface area contributed by atoms with Gasteiger partial charge in [-0.3, -0.25) is 4.79 Å². The van der Waals surface area contributed by atoms with Gasteiger partial charge in [0.15, 0.2) is 8.32 Å². The maximum Gasteiger partial charge on any atom is 0.261 e. The Hall–Kier alpha value is -2.80. The van der Waals surface area contributed by atoms with E-state index in [4.69, 9.17) is 13.6 Å². The normalized spacial score (nSPS) is 13.1. The number of hydrogen-bond acceptors (Lipinski definition) is 4. The Morgan fingerprint density at radius 2 is 1.25 bits per heavy atom. The van der Waals surface area contributed by atoms with Crippen molar-refractivity contribution in [3.05, 3.63) is 96.6 Å². The monoisotopic (exact) mass is 684 g/mol. The minimum Gasteiger partial charge on any atom is -0.413 e. The Labute approximate surface area is 294 Å². The van der Waals surface area contributed by atoms with Gasteiger partial charge in [0.25, 0.3) is 8.32 Å². The summed E-state index contributed by atoms with van der Waals surface area (Å²) in [6.07, 6.45) is 5.55. The third kappa shape index (κ3) is 12.0. The van der Waals surface area contributed by atoms with Gasteiger partial charge in [-0.2, -0.15) is 0 Å². The maximum absolute atomic E-state index is 12.8. The molecule has 0 fully saturated rings. The van der Waals surface area contributed by atoms with Crippen LogP contribution in [-0.4, -0.2) is 41.7 Å². The fourth-order valence-electron chi connectivity index (χ4n) is 5.84. The van der Waals surface area contributed by atoms with Gasteiger partial charge in [0.05, 0.1) is 12.7 Å². The first-order valence-corrected chi connectivity index (χ1v) is 22.6. The maximum atomic E-state index is 12.8. The lowest BCUT2D eigenvalue weighted by molar-refractivity contribution is -0.113. The lowest BCUT2D eigenvalue weighted by Gasteiger charge is -2.43. The fourth-order valence-corrected chi connectivity index (χ4v) is 11.8. The molecule has 0 aliphatic rings. The van der Waals surface area contributed by atoms with Crippen molar-refractivity contribution in [3.8, 4) is 11.8 Å². The highest BCUT2D eigenvalue weighted by Gasteiger charge is 2.50. The van der Waals surface area contributed by atoms with Crippen molar-refractivity contribution in [2.24, 2.45) is 0 Å². The minimum absolute atomic E-state index is 0.000775. The van der Waals surface area contributed by atoms with E-state index >= 15 is 0 Å². The average molecular weight is 685 g/mol. The highest BCUT2D eigenvalue weighted by atomic mass is 28.4. The molecule has 260 valence electrons. The molecule has 0 heterocycles. The predicted molar refractivity (Wildman–Crippen MR) is 207 cm³/mol. The number of rotatable bonds is 18. The summed E-state index contributed by atoms with van der Waals surface area (Å²) in [5, 5.41) is 2.61. The third-order valence-corrected chi connectivity index (χ3v) is 19.1. The zero-order valence-electron chi connectivity index (χ0n) is 30.9. The molecule has 48 heavy (non-hydrogen) atoms. The van der Waals surface area contributed by atoms with Gasteiger partial charge in [0.2, 0.25) is 5.78 Å². The van der Waals surface area contributed by atoms with E-state index in [0.29, 0.717) is 26.1 Å². The quantitative estimate of drug-likeness (QED) is 0.0580. The Morgan fingerprint density at radius 3 is 1.79 bits per heavy atom. The molecule has 0 aliphatic carbocycles. The largest absolute Gasteiger partial charge is 0.413 e. The summed E-state index contributed by atoms with van der Waals surface area (Å²) in [7, 11) is -4.53. The second kappa shape index (κ2) is 18.8. The summed E-state index contributed by atoms with van der Waals surface area (Å²) in [6.45, 7) is 20.2. The van der Waals surface area contributed by atoms with Gasteiger partial charge in [0, 0.05) is 26.1 Å². The Balaban J connectivity index is 1.52. The van der Waals surface area contributed by atoms with Crippen molar-refractivity contribution in [3.63, 3.8) is 0 Å². The minimum atomic E-state index is -2.56. The molecule has 0 aliphatic heterocycles. The van der Waals surface area contributed by atoms with Gasteiger partial charge in [0.1, 0.15) is 0 Å². The molecule has 0 amide bonds. The van der Waals surface area contributed by atoms with Gasteiger partial charge in [-0.15, -0.1) is 0 Å². The molecule has 4 nitrogen and oxygen atoms in total. The van der Waals surface area contributed by atoms with Gasteiger partial charge in [-0.25, -0.2) is 0 Å². The Kier molecular flexibility index (Phi) is 15.5. The van der Waals surface area contributed by atoms with E-state index in [-0.39, 0.29) is 22.0 Å². The molecular formula is C42H60O4Si2. The number of unbranched alkanes of at least 4 members (excludes halogenated alkanes) is 2. The molecule has 3 aromatic rings. The lowest BCUT2D eigenvalue weighted by atomic mass is 10.1. The molecule has 0 N–H and O–H groups in total. The molecule has 3 rings (SSSR count). The second-order valence-corrected chi connectivity index (χ2v) is 24.5. The smallest absolute Gasteiger partial charge is 0.261 e. The second-order valence-electron chi connectivity index (χ2n) is 15.4. The molecule has 0 bridgehead atoms. The summed E-state index contributed by atoms with van der Waals surface area (Å²) < 4.78 is 19.7. The predicted octanol–water partition coefficient (Wildman–Crippen LogP) is 9.47. The summed E-state index contributed by atoms with van der Waals surface area (Å²) in [4.78, 5) is 12.8. The van der Waals surface area contributed by atoms with E-state index in [1.54, 1.807) is 0 Å². The van der Waals surface area contributed by atoms with Crippen molar-refractivity contribution in [1.82, 2.24) is 0 Å². The van der Waals surface area contributed by atoms with E-state index in [2.05, 4.69) is 139 Å². The highest BCUT2D eigenvalue weighted by Crippen LogP contribution is 2.38. The van der Waals surface area contributed by atoms with Crippen molar-refractivity contribution >= 4 is 32.8 Å². The summed E-state index contributed by atoms with van der Waals surface area (Å²) >= 11 is 0. The van der Waals surface area contributed by atoms with Crippen LogP contribution in [0.3, 0.4) is 0 Å². The third-order valence-electron chi connectivity index (χ3n) is 9.53. The van der Waals surface area contributed by atoms with Crippen LogP contribution in [0, 0.1) is 11.8 Å². The molecule has 0 radical (unpaired) electrons. The van der Waals surface area contributed by atoms with Gasteiger partial charge >= 0.3 is 0 Å². The van der Waals surface area contributed by atoms with Gasteiger partial charge in [-0.05, 0) is 77.1 Å². The zero-order valence-corrected chi connectivity index (χ0v) is 32.9. The number of carbonyl (C=O) groups excluding carboxylic acids is 1. The van der Waals surface area contributed by atoms with Crippen molar-refractivity contribution < 1.29 is 18.4 Å². The van der Waals surface area contributed by atoms with Crippen LogP contribution < -0.4 is 10.4 Å². The van der Waals surface area contributed by atoms with Crippen molar-refractivity contribution in [1.29, 1.82) is 0 Å². The molecule has 0 saturated heterocycles. The van der Waals surface area contributed by atoms with E-state index in [9.17, 15) is 4.79 Å². The van der Waals surface area contributed by atoms with Gasteiger partial charge < -0.3 is 13.6 Å². The molecule has 0 aromatic heterocycles. The van der Waals surface area contributed by atoms with Crippen LogP contribution in [0.5, 0.6) is 0 Å². The number of hydrogen-bond donors (Lipinski definition) is 0. The average Bonchev–Trinajstić information content (AvgIpc) is 3.04. The van der Waals surface area contributed by atoms with Crippen LogP contribution in [0.2, 0.25) is 23.2 Å².